The van der Waals surface area contributed by atoms with Crippen LogP contribution in [0.5, 0.6) is 0 Å². The molecule has 3 nitrogen and oxygen atoms in total. The summed E-state index contributed by atoms with van der Waals surface area (Å²) in [5.74, 6) is 0.543. The molecular formula is C14H17N2O. The normalized spacial score (nSPS) is 18.9. The average molecular weight is 229 g/mol. The molecule has 1 aliphatic rings. The first-order valence-electron chi connectivity index (χ1n) is 6.24. The highest BCUT2D eigenvalue weighted by Crippen LogP contribution is 2.32. The van der Waals surface area contributed by atoms with Crippen LogP contribution in [0.2, 0.25) is 0 Å². The lowest BCUT2D eigenvalue weighted by molar-refractivity contribution is 0.228. The highest BCUT2D eigenvalue weighted by molar-refractivity contribution is 5.79. The first kappa shape index (κ1) is 10.8. The summed E-state index contributed by atoms with van der Waals surface area (Å²) < 4.78 is 5.38. The number of likely N-dealkylation sites (tertiary alicyclic amines) is 1. The van der Waals surface area contributed by atoms with Gasteiger partial charge in [0, 0.05) is 11.3 Å². The van der Waals surface area contributed by atoms with E-state index in [2.05, 4.69) is 23.0 Å². The molecule has 1 aromatic heterocycles. The third-order valence-corrected chi connectivity index (χ3v) is 3.70. The van der Waals surface area contributed by atoms with Crippen LogP contribution in [0.1, 0.15) is 24.5 Å². The van der Waals surface area contributed by atoms with E-state index in [9.17, 15) is 0 Å². The van der Waals surface area contributed by atoms with Crippen molar-refractivity contribution in [1.82, 2.24) is 10.1 Å². The summed E-state index contributed by atoms with van der Waals surface area (Å²) in [6.07, 6.45) is 2.32. The van der Waals surface area contributed by atoms with Gasteiger partial charge in [-0.15, -0.1) is 0 Å². The summed E-state index contributed by atoms with van der Waals surface area (Å²) in [5.41, 5.74) is 2.05. The van der Waals surface area contributed by atoms with Gasteiger partial charge in [0.05, 0.1) is 5.69 Å². The van der Waals surface area contributed by atoms with Gasteiger partial charge in [-0.2, -0.15) is 0 Å². The minimum Gasteiger partial charge on any atom is -0.356 e. The number of hydrogen-bond donors (Lipinski definition) is 0. The Bertz CT molecular complexity index is 498. The topological polar surface area (TPSA) is 29.3 Å². The highest BCUT2D eigenvalue weighted by Gasteiger charge is 2.23. The summed E-state index contributed by atoms with van der Waals surface area (Å²) in [7, 11) is 0. The van der Waals surface area contributed by atoms with Crippen LogP contribution in [0.15, 0.2) is 28.8 Å². The van der Waals surface area contributed by atoms with E-state index in [-0.39, 0.29) is 0 Å². The maximum absolute atomic E-state index is 5.38. The Balaban J connectivity index is 1.85. The van der Waals surface area contributed by atoms with E-state index in [1.165, 1.54) is 5.39 Å². The number of fused-ring (bicyclic) bond motifs is 1. The standard InChI is InChI=1S/C14H17N2O/c1-2-16-9-7-11(8-10-16)14-12-5-3-4-6-13(12)17-15-14/h3-6,11H,1-2,7-10H2. The van der Waals surface area contributed by atoms with Crippen molar-refractivity contribution in [2.45, 2.75) is 18.8 Å². The van der Waals surface area contributed by atoms with E-state index in [0.29, 0.717) is 5.92 Å². The fraction of sp³-hybridized carbons (Fsp3) is 0.429. The van der Waals surface area contributed by atoms with Gasteiger partial charge in [-0.05, 0) is 51.5 Å². The first-order chi connectivity index (χ1) is 8.38. The first-order valence-corrected chi connectivity index (χ1v) is 6.24. The van der Waals surface area contributed by atoms with Gasteiger partial charge < -0.3 is 9.42 Å². The molecule has 3 heteroatoms. The lowest BCUT2D eigenvalue weighted by Gasteiger charge is -2.29. The van der Waals surface area contributed by atoms with Gasteiger partial charge in [0.25, 0.3) is 0 Å². The zero-order valence-corrected chi connectivity index (χ0v) is 9.93. The predicted molar refractivity (Wildman–Crippen MR) is 67.8 cm³/mol. The monoisotopic (exact) mass is 229 g/mol. The fourth-order valence-electron chi connectivity index (χ4n) is 2.63. The quantitative estimate of drug-likeness (QED) is 0.793. The molecule has 17 heavy (non-hydrogen) atoms. The molecule has 0 N–H and O–H groups in total. The molecule has 0 atom stereocenters. The Kier molecular flexibility index (Phi) is 2.85. The molecular weight excluding hydrogens is 212 g/mol. The van der Waals surface area contributed by atoms with Crippen LogP contribution in [0.25, 0.3) is 11.0 Å². The Hall–Kier alpha value is -1.35. The number of rotatable bonds is 2. The minimum atomic E-state index is 0.543. The number of hydrogen-bond acceptors (Lipinski definition) is 3. The molecule has 0 bridgehead atoms. The molecule has 1 saturated heterocycles. The minimum absolute atomic E-state index is 0.543. The molecule has 3 rings (SSSR count). The van der Waals surface area contributed by atoms with E-state index >= 15 is 0 Å². The maximum atomic E-state index is 5.38. The fourth-order valence-corrected chi connectivity index (χ4v) is 2.63. The Morgan fingerprint density at radius 1 is 1.29 bits per heavy atom. The second-order valence-corrected chi connectivity index (χ2v) is 4.68. The highest BCUT2D eigenvalue weighted by atomic mass is 16.5. The van der Waals surface area contributed by atoms with E-state index in [4.69, 9.17) is 4.52 Å². The molecule has 0 unspecified atom stereocenters. The van der Waals surface area contributed by atoms with Gasteiger partial charge in [-0.3, -0.25) is 0 Å². The van der Waals surface area contributed by atoms with Crippen molar-refractivity contribution in [3.05, 3.63) is 36.9 Å². The molecule has 0 aliphatic carbocycles. The van der Waals surface area contributed by atoms with Crippen molar-refractivity contribution in [2.75, 3.05) is 19.6 Å². The third-order valence-electron chi connectivity index (χ3n) is 3.70. The van der Waals surface area contributed by atoms with Crippen LogP contribution < -0.4 is 0 Å². The van der Waals surface area contributed by atoms with Crippen molar-refractivity contribution >= 4 is 11.0 Å². The molecule has 2 aromatic rings. The lowest BCUT2D eigenvalue weighted by atomic mass is 9.92. The van der Waals surface area contributed by atoms with Crippen LogP contribution in [0.4, 0.5) is 0 Å². The summed E-state index contributed by atoms with van der Waals surface area (Å²) in [6.45, 7) is 7.09. The molecule has 2 heterocycles. The number of para-hydroxylation sites is 1. The Morgan fingerprint density at radius 2 is 2.06 bits per heavy atom. The van der Waals surface area contributed by atoms with Gasteiger partial charge in [-0.25, -0.2) is 0 Å². The summed E-state index contributed by atoms with van der Waals surface area (Å²) in [6, 6.07) is 8.13. The molecule has 1 radical (unpaired) electrons. The third kappa shape index (κ3) is 1.95. The van der Waals surface area contributed by atoms with Crippen molar-refractivity contribution in [2.24, 2.45) is 0 Å². The summed E-state index contributed by atoms with van der Waals surface area (Å²) in [5, 5.41) is 5.44. The zero-order valence-electron chi connectivity index (χ0n) is 9.93. The van der Waals surface area contributed by atoms with Crippen LogP contribution in [-0.2, 0) is 0 Å². The van der Waals surface area contributed by atoms with Gasteiger partial charge >= 0.3 is 0 Å². The van der Waals surface area contributed by atoms with Crippen molar-refractivity contribution in [3.63, 3.8) is 0 Å². The van der Waals surface area contributed by atoms with E-state index < -0.39 is 0 Å². The second-order valence-electron chi connectivity index (χ2n) is 4.68. The zero-order chi connectivity index (χ0) is 11.7. The lowest BCUT2D eigenvalue weighted by Crippen LogP contribution is -2.32. The van der Waals surface area contributed by atoms with Gasteiger partial charge in [0.2, 0.25) is 0 Å². The van der Waals surface area contributed by atoms with Crippen molar-refractivity contribution in [3.8, 4) is 0 Å². The molecule has 89 valence electrons. The molecule has 0 amide bonds. The maximum Gasteiger partial charge on any atom is 0.167 e. The average Bonchev–Trinajstić information content (AvgIpc) is 2.83. The van der Waals surface area contributed by atoms with E-state index in [0.717, 1.165) is 43.8 Å². The molecule has 1 aromatic carbocycles. The summed E-state index contributed by atoms with van der Waals surface area (Å²) >= 11 is 0. The predicted octanol–water partition coefficient (Wildman–Crippen LogP) is 2.84. The van der Waals surface area contributed by atoms with E-state index in [1.54, 1.807) is 0 Å². The second kappa shape index (κ2) is 4.49. The van der Waals surface area contributed by atoms with Gasteiger partial charge in [0.15, 0.2) is 5.58 Å². The van der Waals surface area contributed by atoms with E-state index in [1.807, 2.05) is 18.2 Å². The number of piperidine rings is 1. The Morgan fingerprint density at radius 3 is 2.82 bits per heavy atom. The molecule has 1 fully saturated rings. The van der Waals surface area contributed by atoms with Gasteiger partial charge in [0.1, 0.15) is 0 Å². The SMILES string of the molecule is [CH2]CN1CCC(c2noc3ccccc23)CC1. The Labute approximate surface area is 101 Å². The molecule has 1 aliphatic heterocycles. The van der Waals surface area contributed by atoms with Crippen molar-refractivity contribution < 1.29 is 4.52 Å². The number of aromatic nitrogens is 1. The molecule has 0 saturated carbocycles. The summed E-state index contributed by atoms with van der Waals surface area (Å²) in [4.78, 5) is 2.39. The number of nitrogens with zero attached hydrogens (tertiary/aromatic N) is 2. The largest absolute Gasteiger partial charge is 0.356 e. The van der Waals surface area contributed by atoms with Crippen LogP contribution >= 0.6 is 0 Å². The smallest absolute Gasteiger partial charge is 0.167 e. The van der Waals surface area contributed by atoms with Gasteiger partial charge in [-0.1, -0.05) is 17.3 Å². The van der Waals surface area contributed by atoms with Crippen molar-refractivity contribution in [1.29, 1.82) is 0 Å². The van der Waals surface area contributed by atoms with Crippen LogP contribution in [0, 0.1) is 6.92 Å². The molecule has 0 spiro atoms. The number of benzene rings is 1. The van der Waals surface area contributed by atoms with Crippen LogP contribution in [-0.4, -0.2) is 29.7 Å². The van der Waals surface area contributed by atoms with Crippen LogP contribution in [0.3, 0.4) is 0 Å².